The van der Waals surface area contributed by atoms with Gasteiger partial charge in [-0.15, -0.1) is 0 Å². The summed E-state index contributed by atoms with van der Waals surface area (Å²) in [5, 5.41) is 5.45. The van der Waals surface area contributed by atoms with Crippen LogP contribution in [0.3, 0.4) is 0 Å². The van der Waals surface area contributed by atoms with Gasteiger partial charge in [-0.3, -0.25) is 48.6 Å². The summed E-state index contributed by atoms with van der Waals surface area (Å²) in [6, 6.07) is 14.7. The Morgan fingerprint density at radius 3 is 2.42 bits per heavy atom. The second-order valence-corrected chi connectivity index (χ2v) is 22.0. The van der Waals surface area contributed by atoms with Crippen molar-refractivity contribution in [3.05, 3.63) is 128 Å². The Kier molecular flexibility index (Phi) is 13.7. The fourth-order valence-corrected chi connectivity index (χ4v) is 12.6. The highest BCUT2D eigenvalue weighted by molar-refractivity contribution is 6.13. The van der Waals surface area contributed by atoms with Gasteiger partial charge in [0.25, 0.3) is 11.5 Å². The van der Waals surface area contributed by atoms with Crippen molar-refractivity contribution in [1.29, 1.82) is 0 Å². The molecule has 4 aromatic rings. The number of hydrogen-bond donors (Lipinski definition) is 2. The van der Waals surface area contributed by atoms with Gasteiger partial charge >= 0.3 is 0 Å². The summed E-state index contributed by atoms with van der Waals surface area (Å²) in [7, 11) is 1.80. The molecule has 13 nitrogen and oxygen atoms in total. The summed E-state index contributed by atoms with van der Waals surface area (Å²) >= 11 is 0. The van der Waals surface area contributed by atoms with Crippen LogP contribution in [0.25, 0.3) is 17.3 Å². The molecule has 5 aliphatic heterocycles. The predicted octanol–water partition coefficient (Wildman–Crippen LogP) is 7.71. The maximum absolute atomic E-state index is 16.1. The molecule has 0 radical (unpaired) electrons. The maximum Gasteiger partial charge on any atom is 0.257 e. The third-order valence-corrected chi connectivity index (χ3v) is 16.8. The van der Waals surface area contributed by atoms with E-state index in [0.717, 1.165) is 110 Å². The van der Waals surface area contributed by atoms with E-state index in [1.807, 2.05) is 56.1 Å². The quantitative estimate of drug-likeness (QED) is 0.145. The van der Waals surface area contributed by atoms with Crippen molar-refractivity contribution in [3.63, 3.8) is 0 Å². The molecule has 10 rings (SSSR count). The van der Waals surface area contributed by atoms with Crippen LogP contribution in [0.2, 0.25) is 0 Å². The van der Waals surface area contributed by atoms with Crippen molar-refractivity contribution in [2.45, 2.75) is 110 Å². The monoisotopic (exact) mass is 977 g/mol. The molecule has 378 valence electrons. The van der Waals surface area contributed by atoms with Gasteiger partial charge in [-0.05, 0) is 156 Å². The number of amides is 4. The van der Waals surface area contributed by atoms with Crippen LogP contribution in [0.4, 0.5) is 15.8 Å². The summed E-state index contributed by atoms with van der Waals surface area (Å²) < 4.78 is 17.8. The molecule has 2 aromatic carbocycles. The van der Waals surface area contributed by atoms with Gasteiger partial charge in [-0.2, -0.15) is 0 Å². The van der Waals surface area contributed by atoms with Gasteiger partial charge in [0.15, 0.2) is 0 Å². The first kappa shape index (κ1) is 49.3. The van der Waals surface area contributed by atoms with Crippen LogP contribution in [-0.2, 0) is 32.6 Å². The molecule has 0 saturated carbocycles. The van der Waals surface area contributed by atoms with Crippen LogP contribution in [0.15, 0.2) is 77.4 Å². The van der Waals surface area contributed by atoms with Crippen LogP contribution >= 0.6 is 0 Å². The first-order valence-corrected chi connectivity index (χ1v) is 26.2. The van der Waals surface area contributed by atoms with Gasteiger partial charge in [0.2, 0.25) is 17.7 Å². The van der Waals surface area contributed by atoms with Gasteiger partial charge in [-0.25, -0.2) is 4.39 Å². The minimum atomic E-state index is -0.762. The van der Waals surface area contributed by atoms with Gasteiger partial charge in [0.1, 0.15) is 11.9 Å². The second kappa shape index (κ2) is 20.0. The lowest BCUT2D eigenvalue weighted by Crippen LogP contribution is -2.55. The molecule has 3 fully saturated rings. The molecule has 3 unspecified atom stereocenters. The van der Waals surface area contributed by atoms with E-state index in [1.165, 1.54) is 17.2 Å². The topological polar surface area (TPSA) is 140 Å². The Balaban J connectivity index is 0.707. The number of likely N-dealkylation sites (tertiary alicyclic amines) is 2. The third-order valence-electron chi connectivity index (χ3n) is 16.8. The molecule has 0 spiro atoms. The number of fused-ring (bicyclic) bond motifs is 2. The lowest BCUT2D eigenvalue weighted by molar-refractivity contribution is -0.136. The largest absolute Gasteiger partial charge is 0.388 e. The lowest BCUT2D eigenvalue weighted by atomic mass is 9.82. The molecule has 4 amide bonds. The predicted molar refractivity (Wildman–Crippen MR) is 280 cm³/mol. The van der Waals surface area contributed by atoms with Crippen LogP contribution < -0.4 is 21.1 Å². The number of imide groups is 1. The Morgan fingerprint density at radius 2 is 1.71 bits per heavy atom. The third kappa shape index (κ3) is 9.59. The number of nitrogens with zero attached hydrogens (tertiary/aromatic N) is 6. The minimum Gasteiger partial charge on any atom is -0.388 e. The van der Waals surface area contributed by atoms with E-state index in [9.17, 15) is 24.0 Å². The molecule has 2 N–H and O–H groups in total. The molecule has 14 heteroatoms. The van der Waals surface area contributed by atoms with Gasteiger partial charge in [0.05, 0.1) is 16.8 Å². The Morgan fingerprint density at radius 1 is 0.917 bits per heavy atom. The van der Waals surface area contributed by atoms with Crippen LogP contribution in [0, 0.1) is 30.5 Å². The zero-order valence-electron chi connectivity index (χ0n) is 42.7. The number of hydrogen-bond acceptors (Lipinski definition) is 9. The number of anilines is 2. The lowest BCUT2D eigenvalue weighted by Gasteiger charge is -2.41. The number of aromatic nitrogens is 2. The molecular weight excluding hydrogens is 908 g/mol. The number of piperidine rings is 3. The number of benzene rings is 2. The fraction of sp³-hybridized carbons (Fsp3) is 0.483. The molecule has 7 heterocycles. The van der Waals surface area contributed by atoms with E-state index in [-0.39, 0.29) is 35.5 Å². The van der Waals surface area contributed by atoms with Gasteiger partial charge in [0, 0.05) is 105 Å². The first-order valence-electron chi connectivity index (χ1n) is 26.2. The highest BCUT2D eigenvalue weighted by Crippen LogP contribution is 2.45. The van der Waals surface area contributed by atoms with Crippen LogP contribution in [-0.4, -0.2) is 113 Å². The van der Waals surface area contributed by atoms with Crippen molar-refractivity contribution in [2.75, 3.05) is 63.1 Å². The number of carbonyl (C=O) groups excluding carboxylic acids is 4. The SMILES string of the molecule is CNc1ccn(-c2ccnc3c2C=C(CN2CC=C(c4c(C)cc(C(=O)N5CCC(CN6CCC(Cc7ccc8c(c7)C(C)(C)C(=O)N8C7CCC(=O)NC7=O)C[C@@H]6C)CC5)cc4F)CC2)C(C)C3)c(=O)c1. The first-order chi connectivity index (χ1) is 34.6. The van der Waals surface area contributed by atoms with Crippen LogP contribution in [0.1, 0.15) is 117 Å². The molecule has 6 aliphatic rings. The van der Waals surface area contributed by atoms with Gasteiger partial charge < -0.3 is 15.1 Å². The number of pyridine rings is 2. The van der Waals surface area contributed by atoms with Crippen LogP contribution in [0.5, 0.6) is 0 Å². The smallest absolute Gasteiger partial charge is 0.257 e. The zero-order chi connectivity index (χ0) is 50.6. The summed E-state index contributed by atoms with van der Waals surface area (Å²) in [6.07, 6.45) is 14.9. The van der Waals surface area contributed by atoms with E-state index in [2.05, 4.69) is 63.5 Å². The Bertz CT molecular complexity index is 2930. The Labute approximate surface area is 422 Å². The highest BCUT2D eigenvalue weighted by Gasteiger charge is 2.49. The molecule has 1 aliphatic carbocycles. The zero-order valence-corrected chi connectivity index (χ0v) is 42.7. The number of halogens is 1. The molecule has 0 bridgehead atoms. The summed E-state index contributed by atoms with van der Waals surface area (Å²) in [6.45, 7) is 15.9. The molecule has 2 aromatic heterocycles. The summed E-state index contributed by atoms with van der Waals surface area (Å²) in [4.78, 5) is 78.5. The molecule has 72 heavy (non-hydrogen) atoms. The second-order valence-electron chi connectivity index (χ2n) is 22.0. The maximum atomic E-state index is 16.1. The van der Waals surface area contributed by atoms with Crippen molar-refractivity contribution in [1.82, 2.24) is 29.6 Å². The Hall–Kier alpha value is -6.25. The van der Waals surface area contributed by atoms with E-state index in [4.69, 9.17) is 0 Å². The van der Waals surface area contributed by atoms with Crippen molar-refractivity contribution < 1.29 is 23.6 Å². The molecular formula is C58H69FN8O5. The average molecular weight is 977 g/mol. The standard InChI is InChI=1S/C58H69FN8O5/c1-35-26-48-45(49(11-18-61-48)66-24-17-44(60-6)32-53(66)69)30-43(35)34-63-19-15-41(16-20-63)54-36(2)25-42(31-47(54)59)56(71)64-21-12-38(13-22-64)33-65-23-14-40(27-37(65)3)28-39-7-8-50-46(29-39)58(4,5)57(72)67(50)51-9-10-52(68)62-55(51)70/h7-8,11,15,17-18,24-25,29-32,35,37-38,40,51,60H,9-10,12-14,16,19-23,26-28,33-34H2,1-6H3,(H,62,68,70)/t35?,37-,40?,51?/m0/s1. The number of aryl methyl sites for hydroxylation is 1. The van der Waals surface area contributed by atoms with E-state index < -0.39 is 17.4 Å². The van der Waals surface area contributed by atoms with Gasteiger partial charge in [-0.1, -0.05) is 36.8 Å². The van der Waals surface area contributed by atoms with E-state index in [1.54, 1.807) is 28.8 Å². The molecule has 3 saturated heterocycles. The van der Waals surface area contributed by atoms with E-state index >= 15 is 4.39 Å². The fourth-order valence-electron chi connectivity index (χ4n) is 12.6. The summed E-state index contributed by atoms with van der Waals surface area (Å²) in [5.74, 6) is 0.0653. The van der Waals surface area contributed by atoms with E-state index in [0.29, 0.717) is 67.4 Å². The average Bonchev–Trinajstić information content (AvgIpc) is 3.55. The number of carbonyl (C=O) groups is 4. The van der Waals surface area contributed by atoms with Crippen molar-refractivity contribution in [2.24, 2.45) is 17.8 Å². The normalized spacial score (nSPS) is 23.8. The van der Waals surface area contributed by atoms with Crippen molar-refractivity contribution in [3.8, 4) is 5.69 Å². The number of nitrogens with one attached hydrogen (secondary N) is 2. The van der Waals surface area contributed by atoms with Crippen molar-refractivity contribution >= 4 is 46.7 Å². The highest BCUT2D eigenvalue weighted by atomic mass is 19.1. The summed E-state index contributed by atoms with van der Waals surface area (Å²) in [5.41, 5.74) is 9.71. The number of rotatable bonds is 11. The minimum absolute atomic E-state index is 0.0994. The molecule has 4 atom stereocenters.